The zero-order chi connectivity index (χ0) is 19.6. The number of carbonyl (C=O) groups is 1. The van der Waals surface area contributed by atoms with Crippen LogP contribution in [0.25, 0.3) is 6.08 Å². The summed E-state index contributed by atoms with van der Waals surface area (Å²) in [5, 5.41) is 3.60. The lowest BCUT2D eigenvalue weighted by molar-refractivity contribution is -0.115. The second kappa shape index (κ2) is 7.94. The van der Waals surface area contributed by atoms with Gasteiger partial charge in [-0.2, -0.15) is 5.10 Å². The fourth-order valence-corrected chi connectivity index (χ4v) is 2.73. The Labute approximate surface area is 153 Å². The largest absolute Gasteiger partial charge is 0.496 e. The predicted octanol–water partition coefficient (Wildman–Crippen LogP) is 4.81. The molecule has 1 aliphatic carbocycles. The Morgan fingerprint density at radius 1 is 1.26 bits per heavy atom. The van der Waals surface area contributed by atoms with E-state index in [2.05, 4.69) is 5.10 Å². The summed E-state index contributed by atoms with van der Waals surface area (Å²) in [7, 11) is 1.42. The Kier molecular flexibility index (Phi) is 5.62. The Morgan fingerprint density at radius 3 is 2.59 bits per heavy atom. The molecular formula is C19H18F4N2O2. The smallest absolute Gasteiger partial charge is 0.282 e. The molecule has 27 heavy (non-hydrogen) atoms. The van der Waals surface area contributed by atoms with Crippen LogP contribution in [0.1, 0.15) is 48.2 Å². The van der Waals surface area contributed by atoms with E-state index in [0.29, 0.717) is 22.9 Å². The van der Waals surface area contributed by atoms with Crippen LogP contribution in [0.5, 0.6) is 5.75 Å². The van der Waals surface area contributed by atoms with Gasteiger partial charge in [-0.1, -0.05) is 12.1 Å². The van der Waals surface area contributed by atoms with Crippen LogP contribution in [0.3, 0.4) is 0 Å². The molecule has 1 saturated carbocycles. The highest BCUT2D eigenvalue weighted by atomic mass is 19.3. The number of ether oxygens (including phenoxy) is 1. The van der Waals surface area contributed by atoms with Crippen LogP contribution in [0.15, 0.2) is 30.3 Å². The molecule has 1 aromatic heterocycles. The van der Waals surface area contributed by atoms with E-state index in [-0.39, 0.29) is 18.2 Å². The monoisotopic (exact) mass is 382 g/mol. The molecule has 1 heterocycles. The van der Waals surface area contributed by atoms with Crippen molar-refractivity contribution in [3.8, 4) is 5.75 Å². The van der Waals surface area contributed by atoms with E-state index in [1.807, 2.05) is 0 Å². The minimum Gasteiger partial charge on any atom is -0.496 e. The normalized spacial score (nSPS) is 14.5. The van der Waals surface area contributed by atoms with Crippen LogP contribution >= 0.6 is 0 Å². The summed E-state index contributed by atoms with van der Waals surface area (Å²) in [5.41, 5.74) is -0.114. The van der Waals surface area contributed by atoms with Crippen LogP contribution in [-0.2, 0) is 11.3 Å². The van der Waals surface area contributed by atoms with Crippen molar-refractivity contribution in [3.05, 3.63) is 52.9 Å². The quantitative estimate of drug-likeness (QED) is 0.486. The molecule has 0 aliphatic heterocycles. The molecule has 0 spiro atoms. The van der Waals surface area contributed by atoms with Crippen molar-refractivity contribution in [2.75, 3.05) is 7.11 Å². The minimum absolute atomic E-state index is 0.0565. The third kappa shape index (κ3) is 4.56. The van der Waals surface area contributed by atoms with Crippen LogP contribution in [-0.4, -0.2) is 22.7 Å². The van der Waals surface area contributed by atoms with E-state index in [1.165, 1.54) is 13.2 Å². The zero-order valence-electron chi connectivity index (χ0n) is 14.5. The van der Waals surface area contributed by atoms with Crippen molar-refractivity contribution in [1.82, 2.24) is 9.78 Å². The number of benzene rings is 1. The number of nitrogens with zero attached hydrogens (tertiary/aromatic N) is 2. The van der Waals surface area contributed by atoms with E-state index < -0.39 is 24.2 Å². The number of ketones is 1. The molecule has 144 valence electrons. The van der Waals surface area contributed by atoms with E-state index in [9.17, 15) is 22.4 Å². The fraction of sp³-hybridized carbons (Fsp3) is 0.368. The topological polar surface area (TPSA) is 44.1 Å². The standard InChI is InChI=1S/C19H18F4N2O2/c1-27-17-7-3-11(2-6-16(26)12-4-5-12)8-13(17)10-25-15(19(22)23)9-14(24-25)18(20)21/h2-3,6-9,12,18-19H,4-5,10H2,1H3/b6-2+. The van der Waals surface area contributed by atoms with E-state index in [1.54, 1.807) is 24.3 Å². The summed E-state index contributed by atoms with van der Waals surface area (Å²) in [4.78, 5) is 11.8. The molecule has 3 rings (SSSR count). The summed E-state index contributed by atoms with van der Waals surface area (Å²) in [6.07, 6.45) is -0.927. The molecule has 0 bridgehead atoms. The van der Waals surface area contributed by atoms with Crippen molar-refractivity contribution in [1.29, 1.82) is 0 Å². The highest BCUT2D eigenvalue weighted by molar-refractivity contribution is 5.96. The number of halogens is 4. The minimum atomic E-state index is -2.94. The summed E-state index contributed by atoms with van der Waals surface area (Å²) < 4.78 is 58.1. The number of rotatable bonds is 8. The first-order chi connectivity index (χ1) is 12.9. The summed E-state index contributed by atoms with van der Waals surface area (Å²) in [6.45, 7) is -0.159. The predicted molar refractivity (Wildman–Crippen MR) is 91.0 cm³/mol. The van der Waals surface area contributed by atoms with Gasteiger partial charge in [-0.05, 0) is 42.7 Å². The number of carbonyl (C=O) groups excluding carboxylic acids is 1. The van der Waals surface area contributed by atoms with E-state index in [4.69, 9.17) is 4.74 Å². The van der Waals surface area contributed by atoms with Crippen molar-refractivity contribution in [3.63, 3.8) is 0 Å². The maximum Gasteiger partial charge on any atom is 0.282 e. The lowest BCUT2D eigenvalue weighted by atomic mass is 10.1. The number of aromatic nitrogens is 2. The van der Waals surface area contributed by atoms with Gasteiger partial charge in [-0.3, -0.25) is 9.48 Å². The van der Waals surface area contributed by atoms with Gasteiger partial charge in [0.25, 0.3) is 12.9 Å². The summed E-state index contributed by atoms with van der Waals surface area (Å²) >= 11 is 0. The molecular weight excluding hydrogens is 364 g/mol. The van der Waals surface area contributed by atoms with Gasteiger partial charge in [0, 0.05) is 11.5 Å². The van der Waals surface area contributed by atoms with Gasteiger partial charge in [0.15, 0.2) is 5.78 Å². The van der Waals surface area contributed by atoms with Gasteiger partial charge in [-0.25, -0.2) is 17.6 Å². The number of allylic oxidation sites excluding steroid dienone is 1. The zero-order valence-corrected chi connectivity index (χ0v) is 14.5. The van der Waals surface area contributed by atoms with Gasteiger partial charge in [0.05, 0.1) is 13.7 Å². The average Bonchev–Trinajstić information content (AvgIpc) is 3.40. The van der Waals surface area contributed by atoms with Crippen LogP contribution in [0, 0.1) is 5.92 Å². The lowest BCUT2D eigenvalue weighted by Gasteiger charge is -2.12. The lowest BCUT2D eigenvalue weighted by Crippen LogP contribution is -2.08. The highest BCUT2D eigenvalue weighted by Crippen LogP contribution is 2.31. The highest BCUT2D eigenvalue weighted by Gasteiger charge is 2.27. The molecule has 1 aliphatic rings. The molecule has 1 aromatic carbocycles. The van der Waals surface area contributed by atoms with Gasteiger partial charge in [-0.15, -0.1) is 0 Å². The Hall–Kier alpha value is -2.64. The number of methoxy groups -OCH3 is 1. The van der Waals surface area contributed by atoms with Gasteiger partial charge >= 0.3 is 0 Å². The second-order valence-electron chi connectivity index (χ2n) is 6.33. The third-order valence-corrected chi connectivity index (χ3v) is 4.32. The molecule has 0 N–H and O–H groups in total. The number of hydrogen-bond donors (Lipinski definition) is 0. The van der Waals surface area contributed by atoms with Crippen molar-refractivity contribution < 1.29 is 27.1 Å². The Bertz CT molecular complexity index is 857. The first-order valence-electron chi connectivity index (χ1n) is 8.41. The first-order valence-corrected chi connectivity index (χ1v) is 8.41. The molecule has 4 nitrogen and oxygen atoms in total. The maximum absolute atomic E-state index is 13.2. The number of hydrogen-bond acceptors (Lipinski definition) is 3. The molecule has 2 aromatic rings. The van der Waals surface area contributed by atoms with Crippen molar-refractivity contribution >= 4 is 11.9 Å². The van der Waals surface area contributed by atoms with Crippen LogP contribution in [0.2, 0.25) is 0 Å². The Balaban J connectivity index is 1.89. The SMILES string of the molecule is COc1ccc(/C=C/C(=O)C2CC2)cc1Cn1nc(C(F)F)cc1C(F)F. The van der Waals surface area contributed by atoms with Crippen LogP contribution < -0.4 is 4.74 Å². The van der Waals surface area contributed by atoms with E-state index >= 15 is 0 Å². The van der Waals surface area contributed by atoms with Gasteiger partial charge in [0.2, 0.25) is 0 Å². The molecule has 0 unspecified atom stereocenters. The van der Waals surface area contributed by atoms with Crippen molar-refractivity contribution in [2.45, 2.75) is 32.2 Å². The molecule has 0 saturated heterocycles. The Morgan fingerprint density at radius 2 is 2.00 bits per heavy atom. The van der Waals surface area contributed by atoms with Crippen LogP contribution in [0.4, 0.5) is 17.6 Å². The molecule has 1 fully saturated rings. The maximum atomic E-state index is 13.2. The summed E-state index contributed by atoms with van der Waals surface area (Å²) in [6, 6.07) is 5.73. The molecule has 8 heteroatoms. The number of alkyl halides is 4. The van der Waals surface area contributed by atoms with Gasteiger partial charge < -0.3 is 4.74 Å². The average molecular weight is 382 g/mol. The molecule has 0 amide bonds. The second-order valence-corrected chi connectivity index (χ2v) is 6.33. The molecule has 0 atom stereocenters. The van der Waals surface area contributed by atoms with Gasteiger partial charge in [0.1, 0.15) is 17.1 Å². The fourth-order valence-electron chi connectivity index (χ4n) is 2.73. The third-order valence-electron chi connectivity index (χ3n) is 4.32. The first kappa shape index (κ1) is 19.1. The summed E-state index contributed by atoms with van der Waals surface area (Å²) in [5.74, 6) is 0.570. The van der Waals surface area contributed by atoms with E-state index in [0.717, 1.165) is 17.5 Å². The molecule has 0 radical (unpaired) electrons. The van der Waals surface area contributed by atoms with Crippen molar-refractivity contribution in [2.24, 2.45) is 5.92 Å².